The number of rotatable bonds is 4. The molecule has 1 aromatic carbocycles. The van der Waals surface area contributed by atoms with Crippen molar-refractivity contribution in [1.82, 2.24) is 4.98 Å². The van der Waals surface area contributed by atoms with E-state index in [2.05, 4.69) is 20.9 Å². The van der Waals surface area contributed by atoms with Crippen molar-refractivity contribution in [2.75, 3.05) is 6.61 Å². The standard InChI is InChI=1S/C14H16BrNO4S/c1-14(2,3)20-12(18)10(17)7-19-8-4-5-9-11(6-8)21-13(15)16-9/h4-6,10,17H,7H2,1-3H3. The van der Waals surface area contributed by atoms with Crippen molar-refractivity contribution < 1.29 is 19.4 Å². The van der Waals surface area contributed by atoms with Gasteiger partial charge in [0.1, 0.15) is 18.0 Å². The van der Waals surface area contributed by atoms with Crippen LogP contribution >= 0.6 is 27.3 Å². The Labute approximate surface area is 135 Å². The Morgan fingerprint density at radius 2 is 2.19 bits per heavy atom. The Balaban J connectivity index is 1.96. The van der Waals surface area contributed by atoms with Gasteiger partial charge >= 0.3 is 5.97 Å². The minimum absolute atomic E-state index is 0.152. The summed E-state index contributed by atoms with van der Waals surface area (Å²) in [6, 6.07) is 5.39. The second kappa shape index (κ2) is 6.29. The van der Waals surface area contributed by atoms with Crippen LogP contribution in [0.25, 0.3) is 10.2 Å². The number of thiazole rings is 1. The highest BCUT2D eigenvalue weighted by atomic mass is 79.9. The average Bonchev–Trinajstić information content (AvgIpc) is 2.73. The van der Waals surface area contributed by atoms with E-state index in [1.807, 2.05) is 12.1 Å². The van der Waals surface area contributed by atoms with Crippen molar-refractivity contribution in [3.8, 4) is 5.75 Å². The highest BCUT2D eigenvalue weighted by Crippen LogP contribution is 2.29. The molecule has 0 aliphatic carbocycles. The van der Waals surface area contributed by atoms with Crippen molar-refractivity contribution in [1.29, 1.82) is 0 Å². The van der Waals surface area contributed by atoms with E-state index in [0.29, 0.717) is 5.75 Å². The summed E-state index contributed by atoms with van der Waals surface area (Å²) in [6.45, 7) is 5.08. The van der Waals surface area contributed by atoms with Gasteiger partial charge in [-0.3, -0.25) is 0 Å². The predicted octanol–water partition coefficient (Wildman–Crippen LogP) is 3.14. The van der Waals surface area contributed by atoms with E-state index >= 15 is 0 Å². The van der Waals surface area contributed by atoms with Gasteiger partial charge in [0.2, 0.25) is 0 Å². The van der Waals surface area contributed by atoms with E-state index in [1.54, 1.807) is 26.8 Å². The molecule has 2 aromatic rings. The zero-order chi connectivity index (χ0) is 15.6. The zero-order valence-electron chi connectivity index (χ0n) is 11.9. The smallest absolute Gasteiger partial charge is 0.339 e. The van der Waals surface area contributed by atoms with Gasteiger partial charge in [-0.05, 0) is 54.9 Å². The number of carbonyl (C=O) groups excluding carboxylic acids is 1. The molecule has 0 fully saturated rings. The monoisotopic (exact) mass is 373 g/mol. The molecule has 1 unspecified atom stereocenters. The minimum Gasteiger partial charge on any atom is -0.490 e. The molecule has 0 bridgehead atoms. The van der Waals surface area contributed by atoms with Crippen molar-refractivity contribution in [2.24, 2.45) is 0 Å². The van der Waals surface area contributed by atoms with E-state index in [4.69, 9.17) is 9.47 Å². The van der Waals surface area contributed by atoms with Gasteiger partial charge in [0.15, 0.2) is 10.0 Å². The van der Waals surface area contributed by atoms with Gasteiger partial charge in [-0.15, -0.1) is 11.3 Å². The lowest BCUT2D eigenvalue weighted by molar-refractivity contribution is -0.166. The summed E-state index contributed by atoms with van der Waals surface area (Å²) in [7, 11) is 0. The van der Waals surface area contributed by atoms with E-state index < -0.39 is 17.7 Å². The molecule has 1 atom stereocenters. The van der Waals surface area contributed by atoms with Gasteiger partial charge in [-0.25, -0.2) is 9.78 Å². The summed E-state index contributed by atoms with van der Waals surface area (Å²) in [5.41, 5.74) is 0.234. The Hall–Kier alpha value is -1.18. The molecule has 0 radical (unpaired) electrons. The highest BCUT2D eigenvalue weighted by Gasteiger charge is 2.23. The van der Waals surface area contributed by atoms with Gasteiger partial charge in [-0.1, -0.05) is 0 Å². The number of benzene rings is 1. The summed E-state index contributed by atoms with van der Waals surface area (Å²) in [4.78, 5) is 15.9. The second-order valence-electron chi connectivity index (χ2n) is 5.46. The topological polar surface area (TPSA) is 68.7 Å². The van der Waals surface area contributed by atoms with Crippen LogP contribution in [0.5, 0.6) is 5.75 Å². The normalized spacial score (nSPS) is 13.2. The quantitative estimate of drug-likeness (QED) is 0.833. The van der Waals surface area contributed by atoms with Gasteiger partial charge in [-0.2, -0.15) is 0 Å². The van der Waals surface area contributed by atoms with Crippen LogP contribution < -0.4 is 4.74 Å². The number of hydrogen-bond acceptors (Lipinski definition) is 6. The van der Waals surface area contributed by atoms with Gasteiger partial charge in [0.25, 0.3) is 0 Å². The first-order chi connectivity index (χ1) is 9.74. The van der Waals surface area contributed by atoms with Crippen LogP contribution in [0.4, 0.5) is 0 Å². The molecule has 2 rings (SSSR count). The minimum atomic E-state index is -1.31. The number of aliphatic hydroxyl groups excluding tert-OH is 1. The van der Waals surface area contributed by atoms with Crippen LogP contribution in [0.15, 0.2) is 22.1 Å². The first-order valence-electron chi connectivity index (χ1n) is 6.34. The van der Waals surface area contributed by atoms with Crippen molar-refractivity contribution in [3.63, 3.8) is 0 Å². The molecule has 0 aliphatic heterocycles. The number of nitrogens with zero attached hydrogens (tertiary/aromatic N) is 1. The molecule has 0 saturated carbocycles. The highest BCUT2D eigenvalue weighted by molar-refractivity contribution is 9.11. The number of esters is 1. The third-order valence-electron chi connectivity index (χ3n) is 2.42. The molecule has 5 nitrogen and oxygen atoms in total. The van der Waals surface area contributed by atoms with Crippen LogP contribution in [-0.2, 0) is 9.53 Å². The van der Waals surface area contributed by atoms with Crippen LogP contribution in [0.3, 0.4) is 0 Å². The maximum atomic E-state index is 11.6. The van der Waals surface area contributed by atoms with E-state index in [-0.39, 0.29) is 6.61 Å². The molecule has 0 spiro atoms. The lowest BCUT2D eigenvalue weighted by Crippen LogP contribution is -2.35. The average molecular weight is 374 g/mol. The first-order valence-corrected chi connectivity index (χ1v) is 7.95. The van der Waals surface area contributed by atoms with Crippen molar-refractivity contribution in [2.45, 2.75) is 32.5 Å². The fourth-order valence-corrected chi connectivity index (χ4v) is 3.01. The summed E-state index contributed by atoms with van der Waals surface area (Å²) < 4.78 is 12.3. The third-order valence-corrected chi connectivity index (χ3v) is 3.89. The molecule has 1 N–H and O–H groups in total. The number of halogens is 1. The van der Waals surface area contributed by atoms with E-state index in [9.17, 15) is 9.90 Å². The SMILES string of the molecule is CC(C)(C)OC(=O)C(O)COc1ccc2nc(Br)sc2c1. The number of carbonyl (C=O) groups is 1. The number of fused-ring (bicyclic) bond motifs is 1. The summed E-state index contributed by atoms with van der Waals surface area (Å²) >= 11 is 4.81. The summed E-state index contributed by atoms with van der Waals surface area (Å²) in [5, 5.41) is 9.74. The Morgan fingerprint density at radius 1 is 1.48 bits per heavy atom. The van der Waals surface area contributed by atoms with Crippen molar-refractivity contribution >= 4 is 43.5 Å². The lowest BCUT2D eigenvalue weighted by Gasteiger charge is -2.21. The number of ether oxygens (including phenoxy) is 2. The molecule has 1 aromatic heterocycles. The predicted molar refractivity (Wildman–Crippen MR) is 84.7 cm³/mol. The second-order valence-corrected chi connectivity index (χ2v) is 7.76. The van der Waals surface area contributed by atoms with E-state index in [0.717, 1.165) is 14.1 Å². The maximum Gasteiger partial charge on any atom is 0.339 e. The fourth-order valence-electron chi connectivity index (χ4n) is 1.58. The number of hydrogen-bond donors (Lipinski definition) is 1. The van der Waals surface area contributed by atoms with Crippen LogP contribution in [0.2, 0.25) is 0 Å². The maximum absolute atomic E-state index is 11.6. The number of aliphatic hydroxyl groups is 1. The van der Waals surface area contributed by atoms with Crippen LogP contribution in [0, 0.1) is 0 Å². The Morgan fingerprint density at radius 3 is 2.86 bits per heavy atom. The van der Waals surface area contributed by atoms with Crippen molar-refractivity contribution in [3.05, 3.63) is 22.1 Å². The van der Waals surface area contributed by atoms with Gasteiger partial charge in [0.05, 0.1) is 10.2 Å². The molecule has 7 heteroatoms. The third kappa shape index (κ3) is 4.66. The molecule has 0 saturated heterocycles. The van der Waals surface area contributed by atoms with E-state index in [1.165, 1.54) is 11.3 Å². The van der Waals surface area contributed by atoms with Crippen LogP contribution in [-0.4, -0.2) is 34.4 Å². The fraction of sp³-hybridized carbons (Fsp3) is 0.429. The zero-order valence-corrected chi connectivity index (χ0v) is 14.3. The summed E-state index contributed by atoms with van der Waals surface area (Å²) in [5.74, 6) is -0.120. The van der Waals surface area contributed by atoms with Gasteiger partial charge in [0, 0.05) is 0 Å². The molecule has 1 heterocycles. The molecular formula is C14H16BrNO4S. The molecule has 0 amide bonds. The molecule has 21 heavy (non-hydrogen) atoms. The molecular weight excluding hydrogens is 358 g/mol. The molecule has 0 aliphatic rings. The molecule has 114 valence electrons. The first kappa shape index (κ1) is 16.2. The van der Waals surface area contributed by atoms with Crippen LogP contribution in [0.1, 0.15) is 20.8 Å². The lowest BCUT2D eigenvalue weighted by atomic mass is 10.2. The Kier molecular flexibility index (Phi) is 4.85. The largest absolute Gasteiger partial charge is 0.490 e. The Bertz CT molecular complexity index is 650. The number of aromatic nitrogens is 1. The summed E-state index contributed by atoms with van der Waals surface area (Å²) in [6.07, 6.45) is -1.31. The van der Waals surface area contributed by atoms with Gasteiger partial charge < -0.3 is 14.6 Å².